The summed E-state index contributed by atoms with van der Waals surface area (Å²) in [6, 6.07) is 8.78. The van der Waals surface area contributed by atoms with Crippen LogP contribution in [0.5, 0.6) is 0 Å². The molecule has 0 aliphatic carbocycles. The van der Waals surface area contributed by atoms with Crippen LogP contribution in [0.15, 0.2) is 36.5 Å². The summed E-state index contributed by atoms with van der Waals surface area (Å²) < 4.78 is 6.39. The van der Waals surface area contributed by atoms with Gasteiger partial charge in [0.25, 0.3) is 0 Å². The van der Waals surface area contributed by atoms with Crippen molar-refractivity contribution in [1.82, 2.24) is 9.55 Å². The first-order valence-electron chi connectivity index (χ1n) is 7.03. The molecule has 2 rings (SSSR count). The van der Waals surface area contributed by atoms with Gasteiger partial charge < -0.3 is 14.9 Å². The SMILES string of the molecule is Cc1ncc([N+](=O)[O-])n1CCOC(=O)/C=C/c1cccc(C#N)c1. The van der Waals surface area contributed by atoms with E-state index in [1.807, 2.05) is 6.07 Å². The lowest BCUT2D eigenvalue weighted by Crippen LogP contribution is -2.12. The minimum atomic E-state index is -0.571. The van der Waals surface area contributed by atoms with Crippen LogP contribution in [-0.4, -0.2) is 27.1 Å². The van der Waals surface area contributed by atoms with E-state index in [4.69, 9.17) is 10.00 Å². The molecule has 0 radical (unpaired) electrons. The maximum atomic E-state index is 11.7. The first-order valence-corrected chi connectivity index (χ1v) is 7.03. The maximum absolute atomic E-state index is 11.7. The number of carbonyl (C=O) groups is 1. The summed E-state index contributed by atoms with van der Waals surface area (Å²) in [5.41, 5.74) is 1.19. The molecule has 0 aliphatic heterocycles. The van der Waals surface area contributed by atoms with Crippen molar-refractivity contribution < 1.29 is 14.5 Å². The number of hydrogen-bond donors (Lipinski definition) is 0. The number of aromatic nitrogens is 2. The molecule has 1 aromatic heterocycles. The van der Waals surface area contributed by atoms with Gasteiger partial charge in [-0.2, -0.15) is 5.26 Å². The van der Waals surface area contributed by atoms with E-state index in [0.717, 1.165) is 0 Å². The zero-order valence-corrected chi connectivity index (χ0v) is 12.9. The molecule has 0 atom stereocenters. The molecule has 0 fully saturated rings. The summed E-state index contributed by atoms with van der Waals surface area (Å²) >= 11 is 0. The first kappa shape index (κ1) is 16.9. The van der Waals surface area contributed by atoms with Crippen LogP contribution in [0.25, 0.3) is 6.08 Å². The number of carbonyl (C=O) groups excluding carboxylic acids is 1. The number of nitrogens with zero attached hydrogens (tertiary/aromatic N) is 4. The Kier molecular flexibility index (Phi) is 5.41. The summed E-state index contributed by atoms with van der Waals surface area (Å²) in [7, 11) is 0. The van der Waals surface area contributed by atoms with Crippen LogP contribution < -0.4 is 0 Å². The largest absolute Gasteiger partial charge is 0.458 e. The van der Waals surface area contributed by atoms with Gasteiger partial charge in [0.05, 0.1) is 11.6 Å². The normalized spacial score (nSPS) is 10.5. The molecule has 8 nitrogen and oxygen atoms in total. The smallest absolute Gasteiger partial charge is 0.342 e. The molecule has 0 N–H and O–H groups in total. The van der Waals surface area contributed by atoms with E-state index in [0.29, 0.717) is 17.0 Å². The fraction of sp³-hybridized carbons (Fsp3) is 0.188. The molecule has 24 heavy (non-hydrogen) atoms. The van der Waals surface area contributed by atoms with Crippen molar-refractivity contribution >= 4 is 17.9 Å². The van der Waals surface area contributed by atoms with Gasteiger partial charge in [-0.3, -0.25) is 0 Å². The van der Waals surface area contributed by atoms with Gasteiger partial charge in [0.1, 0.15) is 19.3 Å². The van der Waals surface area contributed by atoms with Gasteiger partial charge in [-0.1, -0.05) is 12.1 Å². The minimum absolute atomic E-state index is 0.0144. The molecule has 1 aromatic carbocycles. The third-order valence-electron chi connectivity index (χ3n) is 3.21. The van der Waals surface area contributed by atoms with Crippen LogP contribution in [0, 0.1) is 28.4 Å². The zero-order valence-electron chi connectivity index (χ0n) is 12.9. The minimum Gasteiger partial charge on any atom is -0.458 e. The number of aryl methyl sites for hydroxylation is 1. The Labute approximate surface area is 137 Å². The molecule has 0 amide bonds. The number of rotatable bonds is 6. The Bertz CT molecular complexity index is 833. The highest BCUT2D eigenvalue weighted by Crippen LogP contribution is 2.13. The first-order chi connectivity index (χ1) is 11.5. The van der Waals surface area contributed by atoms with Crippen LogP contribution in [0.1, 0.15) is 17.0 Å². The van der Waals surface area contributed by atoms with Gasteiger partial charge in [-0.05, 0) is 28.7 Å². The number of hydrogen-bond acceptors (Lipinski definition) is 6. The van der Waals surface area contributed by atoms with Crippen LogP contribution in [0.4, 0.5) is 5.82 Å². The second-order valence-corrected chi connectivity index (χ2v) is 4.81. The number of ether oxygens (including phenoxy) is 1. The van der Waals surface area contributed by atoms with Crippen molar-refractivity contribution in [3.05, 3.63) is 63.6 Å². The Balaban J connectivity index is 1.90. The highest BCUT2D eigenvalue weighted by Gasteiger charge is 2.17. The lowest BCUT2D eigenvalue weighted by atomic mass is 10.1. The van der Waals surface area contributed by atoms with Gasteiger partial charge in [0.2, 0.25) is 0 Å². The summed E-state index contributed by atoms with van der Waals surface area (Å²) in [5.74, 6) is -0.244. The van der Waals surface area contributed by atoms with Gasteiger partial charge >= 0.3 is 11.8 Å². The molecule has 0 bridgehead atoms. The van der Waals surface area contributed by atoms with E-state index >= 15 is 0 Å². The van der Waals surface area contributed by atoms with Gasteiger partial charge in [-0.15, -0.1) is 0 Å². The fourth-order valence-electron chi connectivity index (χ4n) is 2.04. The van der Waals surface area contributed by atoms with Crippen LogP contribution in [0.2, 0.25) is 0 Å². The summed E-state index contributed by atoms with van der Waals surface area (Å²) in [6.07, 6.45) is 3.94. The third-order valence-corrected chi connectivity index (χ3v) is 3.21. The Hall–Kier alpha value is -3.47. The second-order valence-electron chi connectivity index (χ2n) is 4.81. The van der Waals surface area contributed by atoms with E-state index in [9.17, 15) is 14.9 Å². The van der Waals surface area contributed by atoms with Crippen molar-refractivity contribution in [2.24, 2.45) is 0 Å². The molecule has 0 saturated carbocycles. The maximum Gasteiger partial charge on any atom is 0.342 e. The lowest BCUT2D eigenvalue weighted by molar-refractivity contribution is -0.392. The number of imidazole rings is 1. The van der Waals surface area contributed by atoms with Gasteiger partial charge in [0.15, 0.2) is 5.82 Å². The molecule has 1 heterocycles. The molecule has 0 unspecified atom stereocenters. The zero-order chi connectivity index (χ0) is 17.5. The van der Waals surface area contributed by atoms with E-state index in [1.165, 1.54) is 22.9 Å². The molecule has 0 aliphatic rings. The summed E-state index contributed by atoms with van der Waals surface area (Å²) in [6.45, 7) is 1.77. The predicted molar refractivity (Wildman–Crippen MR) is 84.8 cm³/mol. The summed E-state index contributed by atoms with van der Waals surface area (Å²) in [5, 5.41) is 19.7. The van der Waals surface area contributed by atoms with E-state index < -0.39 is 10.9 Å². The van der Waals surface area contributed by atoms with E-state index in [1.54, 1.807) is 31.2 Å². The third kappa shape index (κ3) is 4.27. The quantitative estimate of drug-likeness (QED) is 0.348. The van der Waals surface area contributed by atoms with Crippen molar-refractivity contribution in [3.8, 4) is 6.07 Å². The van der Waals surface area contributed by atoms with Crippen molar-refractivity contribution in [2.75, 3.05) is 6.61 Å². The van der Waals surface area contributed by atoms with Crippen molar-refractivity contribution in [3.63, 3.8) is 0 Å². The predicted octanol–water partition coefficient (Wildman–Crippen LogP) is 2.23. The highest BCUT2D eigenvalue weighted by molar-refractivity contribution is 5.87. The van der Waals surface area contributed by atoms with Gasteiger partial charge in [0, 0.05) is 13.0 Å². The standard InChI is InChI=1S/C16H14N4O4/c1-12-18-11-15(20(22)23)19(12)7-8-24-16(21)6-5-13-3-2-4-14(9-13)10-17/h2-6,9,11H,7-8H2,1H3/b6-5+. The number of esters is 1. The molecular formula is C16H14N4O4. The monoisotopic (exact) mass is 326 g/mol. The van der Waals surface area contributed by atoms with Crippen molar-refractivity contribution in [2.45, 2.75) is 13.5 Å². The molecule has 0 saturated heterocycles. The average Bonchev–Trinajstić information content (AvgIpc) is 2.94. The van der Waals surface area contributed by atoms with Crippen molar-refractivity contribution in [1.29, 1.82) is 5.26 Å². The molecule has 8 heteroatoms. The Morgan fingerprint density at radius 3 is 3.04 bits per heavy atom. The number of nitro groups is 1. The van der Waals surface area contributed by atoms with Crippen LogP contribution in [-0.2, 0) is 16.1 Å². The number of nitriles is 1. The molecule has 122 valence electrons. The average molecular weight is 326 g/mol. The van der Waals surface area contributed by atoms with E-state index in [-0.39, 0.29) is 19.0 Å². The highest BCUT2D eigenvalue weighted by atomic mass is 16.6. The molecular weight excluding hydrogens is 312 g/mol. The molecule has 2 aromatic rings. The lowest BCUT2D eigenvalue weighted by Gasteiger charge is -2.03. The van der Waals surface area contributed by atoms with E-state index in [2.05, 4.69) is 4.98 Å². The Morgan fingerprint density at radius 1 is 1.54 bits per heavy atom. The van der Waals surface area contributed by atoms with Crippen LogP contribution >= 0.6 is 0 Å². The molecule has 0 spiro atoms. The van der Waals surface area contributed by atoms with Gasteiger partial charge in [-0.25, -0.2) is 14.3 Å². The van der Waals surface area contributed by atoms with Crippen LogP contribution in [0.3, 0.4) is 0 Å². The summed E-state index contributed by atoms with van der Waals surface area (Å²) in [4.78, 5) is 25.8. The Morgan fingerprint density at radius 2 is 2.33 bits per heavy atom. The topological polar surface area (TPSA) is 111 Å². The number of benzene rings is 1. The fourth-order valence-corrected chi connectivity index (χ4v) is 2.04. The second kappa shape index (κ2) is 7.69.